The average molecular weight is 319 g/mol. The van der Waals surface area contributed by atoms with Crippen LogP contribution in [-0.4, -0.2) is 47.2 Å². The van der Waals surface area contributed by atoms with Gasteiger partial charge in [0, 0.05) is 6.54 Å². The summed E-state index contributed by atoms with van der Waals surface area (Å²) < 4.78 is 5.42. The molecular formula is C18H25NO4. The molecule has 0 spiro atoms. The second kappa shape index (κ2) is 7.13. The summed E-state index contributed by atoms with van der Waals surface area (Å²) in [5, 5.41) is 9.23. The summed E-state index contributed by atoms with van der Waals surface area (Å²) in [6, 6.07) is 9.75. The zero-order valence-corrected chi connectivity index (χ0v) is 14.0. The number of nitrogens with zero attached hydrogens (tertiary/aromatic N) is 1. The van der Waals surface area contributed by atoms with E-state index in [4.69, 9.17) is 4.74 Å². The summed E-state index contributed by atoms with van der Waals surface area (Å²) in [5.74, 6) is -1.03. The van der Waals surface area contributed by atoms with Crippen molar-refractivity contribution in [1.29, 1.82) is 0 Å². The van der Waals surface area contributed by atoms with E-state index >= 15 is 0 Å². The fourth-order valence-corrected chi connectivity index (χ4v) is 3.40. The fraction of sp³-hybridized carbons (Fsp3) is 0.556. The van der Waals surface area contributed by atoms with Gasteiger partial charge in [0.15, 0.2) is 6.10 Å². The molecule has 5 nitrogen and oxygen atoms in total. The number of rotatable bonds is 5. The molecule has 1 N–H and O–H groups in total. The maximum absolute atomic E-state index is 13.3. The van der Waals surface area contributed by atoms with Crippen LogP contribution < -0.4 is 0 Å². The molecule has 23 heavy (non-hydrogen) atoms. The third kappa shape index (κ3) is 3.39. The first-order valence-electron chi connectivity index (χ1n) is 8.17. The number of morpholine rings is 1. The Morgan fingerprint density at radius 2 is 1.83 bits per heavy atom. The predicted molar refractivity (Wildman–Crippen MR) is 87.3 cm³/mol. The average Bonchev–Trinajstić information content (AvgIpc) is 2.56. The molecule has 1 aromatic carbocycles. The molecule has 2 atom stereocenters. The van der Waals surface area contributed by atoms with E-state index in [2.05, 4.69) is 0 Å². The van der Waals surface area contributed by atoms with Crippen LogP contribution in [0.3, 0.4) is 0 Å². The summed E-state index contributed by atoms with van der Waals surface area (Å²) in [6.45, 7) is 6.35. The quantitative estimate of drug-likeness (QED) is 0.905. The van der Waals surface area contributed by atoms with Gasteiger partial charge in [0.05, 0.1) is 18.1 Å². The molecule has 0 saturated carbocycles. The third-order valence-corrected chi connectivity index (χ3v) is 4.77. The Labute approximate surface area is 137 Å². The fourth-order valence-electron chi connectivity index (χ4n) is 3.40. The van der Waals surface area contributed by atoms with Gasteiger partial charge in [0.2, 0.25) is 5.91 Å². The first-order chi connectivity index (χ1) is 10.9. The first-order valence-corrected chi connectivity index (χ1v) is 8.17. The lowest BCUT2D eigenvalue weighted by Crippen LogP contribution is -2.56. The highest BCUT2D eigenvalue weighted by Gasteiger charge is 2.43. The maximum Gasteiger partial charge on any atom is 0.334 e. The van der Waals surface area contributed by atoms with E-state index in [0.717, 1.165) is 5.56 Å². The largest absolute Gasteiger partial charge is 0.479 e. The second-order valence-corrected chi connectivity index (χ2v) is 6.14. The SMILES string of the molecule is CCC(CC)(C(=O)N1CC(C(=O)O)O[C@H](C)C1)c1ccccc1. The lowest BCUT2D eigenvalue weighted by atomic mass is 9.74. The topological polar surface area (TPSA) is 66.8 Å². The number of hydrogen-bond donors (Lipinski definition) is 1. The molecule has 1 saturated heterocycles. The highest BCUT2D eigenvalue weighted by molar-refractivity contribution is 5.89. The molecule has 1 fully saturated rings. The van der Waals surface area contributed by atoms with E-state index < -0.39 is 17.5 Å². The molecule has 2 rings (SSSR count). The van der Waals surface area contributed by atoms with Gasteiger partial charge in [0.1, 0.15) is 0 Å². The van der Waals surface area contributed by atoms with E-state index in [1.165, 1.54) is 0 Å². The van der Waals surface area contributed by atoms with Crippen LogP contribution >= 0.6 is 0 Å². The molecule has 1 amide bonds. The Bertz CT molecular complexity index is 553. The lowest BCUT2D eigenvalue weighted by Gasteiger charge is -2.41. The Morgan fingerprint density at radius 1 is 1.22 bits per heavy atom. The summed E-state index contributed by atoms with van der Waals surface area (Å²) >= 11 is 0. The van der Waals surface area contributed by atoms with Crippen LogP contribution in [0.15, 0.2) is 30.3 Å². The van der Waals surface area contributed by atoms with Crippen LogP contribution in [0.1, 0.15) is 39.2 Å². The number of benzene rings is 1. The summed E-state index contributed by atoms with van der Waals surface area (Å²) in [7, 11) is 0. The van der Waals surface area contributed by atoms with Gasteiger partial charge in [0.25, 0.3) is 0 Å². The van der Waals surface area contributed by atoms with Gasteiger partial charge in [-0.15, -0.1) is 0 Å². The van der Waals surface area contributed by atoms with Crippen molar-refractivity contribution in [2.45, 2.75) is 51.2 Å². The minimum Gasteiger partial charge on any atom is -0.479 e. The zero-order chi connectivity index (χ0) is 17.0. The molecule has 5 heteroatoms. The third-order valence-electron chi connectivity index (χ3n) is 4.77. The van der Waals surface area contributed by atoms with E-state index in [-0.39, 0.29) is 18.6 Å². The summed E-state index contributed by atoms with van der Waals surface area (Å²) in [5.41, 5.74) is 0.377. The number of ether oxygens (including phenoxy) is 1. The number of carboxylic acids is 1. The minimum absolute atomic E-state index is 0.00454. The normalized spacial score (nSPS) is 22.0. The van der Waals surface area contributed by atoms with Crippen molar-refractivity contribution in [3.05, 3.63) is 35.9 Å². The van der Waals surface area contributed by atoms with E-state index in [0.29, 0.717) is 19.4 Å². The Morgan fingerprint density at radius 3 is 2.35 bits per heavy atom. The van der Waals surface area contributed by atoms with Crippen LogP contribution in [0.4, 0.5) is 0 Å². The van der Waals surface area contributed by atoms with Gasteiger partial charge in [-0.2, -0.15) is 0 Å². The zero-order valence-electron chi connectivity index (χ0n) is 14.0. The number of hydrogen-bond acceptors (Lipinski definition) is 3. The number of carbonyl (C=O) groups excluding carboxylic acids is 1. The number of carbonyl (C=O) groups is 2. The Hall–Kier alpha value is -1.88. The van der Waals surface area contributed by atoms with Crippen molar-refractivity contribution in [1.82, 2.24) is 4.90 Å². The van der Waals surface area contributed by atoms with Crippen LogP contribution in [-0.2, 0) is 19.7 Å². The summed E-state index contributed by atoms with van der Waals surface area (Å²) in [4.78, 5) is 26.2. The molecule has 1 aliphatic heterocycles. The van der Waals surface area contributed by atoms with Gasteiger partial charge >= 0.3 is 5.97 Å². The minimum atomic E-state index is -1.02. The molecule has 0 aliphatic carbocycles. The molecule has 1 aliphatic rings. The second-order valence-electron chi connectivity index (χ2n) is 6.14. The Balaban J connectivity index is 2.32. The van der Waals surface area contributed by atoms with E-state index in [1.807, 2.05) is 44.2 Å². The highest BCUT2D eigenvalue weighted by atomic mass is 16.5. The van der Waals surface area contributed by atoms with Crippen LogP contribution in [0.25, 0.3) is 0 Å². The molecule has 1 unspecified atom stereocenters. The molecule has 0 radical (unpaired) electrons. The van der Waals surface area contributed by atoms with Gasteiger partial charge in [-0.25, -0.2) is 4.79 Å². The molecule has 0 aromatic heterocycles. The maximum atomic E-state index is 13.3. The van der Waals surface area contributed by atoms with Gasteiger partial charge in [-0.05, 0) is 25.3 Å². The first kappa shape index (κ1) is 17.5. The Kier molecular flexibility index (Phi) is 5.42. The molecule has 1 aromatic rings. The van der Waals surface area contributed by atoms with Crippen LogP contribution in [0.5, 0.6) is 0 Å². The number of carboxylic acid groups (broad SMARTS) is 1. The molecular weight excluding hydrogens is 294 g/mol. The van der Waals surface area contributed by atoms with Crippen molar-refractivity contribution in [3.63, 3.8) is 0 Å². The van der Waals surface area contributed by atoms with Crippen molar-refractivity contribution in [2.24, 2.45) is 0 Å². The lowest BCUT2D eigenvalue weighted by molar-refractivity contribution is -0.168. The van der Waals surface area contributed by atoms with Crippen LogP contribution in [0.2, 0.25) is 0 Å². The van der Waals surface area contributed by atoms with E-state index in [1.54, 1.807) is 11.8 Å². The molecule has 1 heterocycles. The number of amides is 1. The van der Waals surface area contributed by atoms with Gasteiger partial charge in [-0.1, -0.05) is 44.2 Å². The van der Waals surface area contributed by atoms with Crippen LogP contribution in [0, 0.1) is 0 Å². The number of aliphatic carboxylic acids is 1. The monoisotopic (exact) mass is 319 g/mol. The van der Waals surface area contributed by atoms with Gasteiger partial charge in [-0.3, -0.25) is 4.79 Å². The predicted octanol–water partition coefficient (Wildman–Crippen LogP) is 2.44. The molecule has 0 bridgehead atoms. The van der Waals surface area contributed by atoms with Crippen molar-refractivity contribution in [3.8, 4) is 0 Å². The van der Waals surface area contributed by atoms with Crippen molar-refractivity contribution < 1.29 is 19.4 Å². The molecule has 126 valence electrons. The smallest absolute Gasteiger partial charge is 0.334 e. The van der Waals surface area contributed by atoms with Gasteiger partial charge < -0.3 is 14.7 Å². The van der Waals surface area contributed by atoms with Crippen molar-refractivity contribution in [2.75, 3.05) is 13.1 Å². The highest BCUT2D eigenvalue weighted by Crippen LogP contribution is 2.34. The van der Waals surface area contributed by atoms with Crippen molar-refractivity contribution >= 4 is 11.9 Å². The summed E-state index contributed by atoms with van der Waals surface area (Å²) in [6.07, 6.45) is 0.118. The van der Waals surface area contributed by atoms with E-state index in [9.17, 15) is 14.7 Å². The standard InChI is InChI=1S/C18H25NO4/c1-4-18(5-2,14-9-7-6-8-10-14)17(22)19-11-13(3)23-15(12-19)16(20)21/h6-10,13,15H,4-5,11-12H2,1-3H3,(H,20,21)/t13-,15?/m1/s1.